The lowest BCUT2D eigenvalue weighted by Crippen LogP contribution is -2.42. The van der Waals surface area contributed by atoms with Gasteiger partial charge in [-0.2, -0.15) is 0 Å². The summed E-state index contributed by atoms with van der Waals surface area (Å²) in [7, 11) is 0. The summed E-state index contributed by atoms with van der Waals surface area (Å²) in [6.07, 6.45) is 2.13. The molecule has 2 rings (SSSR count). The molecule has 0 unspecified atom stereocenters. The van der Waals surface area contributed by atoms with Gasteiger partial charge in [0.1, 0.15) is 6.29 Å². The molecular formula is C13H17NO3. The van der Waals surface area contributed by atoms with Crippen molar-refractivity contribution < 1.29 is 14.6 Å². The van der Waals surface area contributed by atoms with E-state index in [-0.39, 0.29) is 0 Å². The van der Waals surface area contributed by atoms with E-state index in [0.29, 0.717) is 38.2 Å². The molecule has 1 aromatic carbocycles. The maximum absolute atomic E-state index is 10.5. The summed E-state index contributed by atoms with van der Waals surface area (Å²) in [4.78, 5) is 10.5. The molecule has 0 bridgehead atoms. The van der Waals surface area contributed by atoms with Crippen molar-refractivity contribution in [3.05, 3.63) is 29.8 Å². The number of rotatable bonds is 4. The van der Waals surface area contributed by atoms with Gasteiger partial charge in [-0.15, -0.1) is 0 Å². The SMILES string of the molecule is O=Cc1ccc(NCC2(O)CCOCC2)cc1. The van der Waals surface area contributed by atoms with Crippen LogP contribution in [0.3, 0.4) is 0 Å². The predicted octanol–water partition coefficient (Wildman–Crippen LogP) is 1.45. The van der Waals surface area contributed by atoms with Gasteiger partial charge < -0.3 is 15.2 Å². The van der Waals surface area contributed by atoms with Crippen molar-refractivity contribution >= 4 is 12.0 Å². The van der Waals surface area contributed by atoms with Gasteiger partial charge in [-0.05, 0) is 24.3 Å². The lowest BCUT2D eigenvalue weighted by atomic mass is 9.94. The Hall–Kier alpha value is -1.39. The summed E-state index contributed by atoms with van der Waals surface area (Å²) in [6.45, 7) is 1.74. The van der Waals surface area contributed by atoms with E-state index in [1.54, 1.807) is 12.1 Å². The minimum absolute atomic E-state index is 0.511. The Morgan fingerprint density at radius 2 is 1.94 bits per heavy atom. The van der Waals surface area contributed by atoms with Gasteiger partial charge in [-0.3, -0.25) is 4.79 Å². The van der Waals surface area contributed by atoms with Crippen LogP contribution in [0.2, 0.25) is 0 Å². The summed E-state index contributed by atoms with van der Waals surface area (Å²) >= 11 is 0. The third-order valence-corrected chi connectivity index (χ3v) is 3.09. The van der Waals surface area contributed by atoms with Gasteiger partial charge in [0, 0.05) is 43.9 Å². The Morgan fingerprint density at radius 1 is 1.29 bits per heavy atom. The van der Waals surface area contributed by atoms with Crippen LogP contribution >= 0.6 is 0 Å². The van der Waals surface area contributed by atoms with Crippen molar-refractivity contribution in [3.63, 3.8) is 0 Å². The Labute approximate surface area is 101 Å². The number of benzene rings is 1. The van der Waals surface area contributed by atoms with Crippen LogP contribution in [0.1, 0.15) is 23.2 Å². The number of hydrogen-bond acceptors (Lipinski definition) is 4. The van der Waals surface area contributed by atoms with E-state index in [9.17, 15) is 9.90 Å². The first-order chi connectivity index (χ1) is 8.22. The molecule has 1 fully saturated rings. The molecule has 0 aliphatic carbocycles. The third-order valence-electron chi connectivity index (χ3n) is 3.09. The molecule has 0 aromatic heterocycles. The van der Waals surface area contributed by atoms with Crippen molar-refractivity contribution in [3.8, 4) is 0 Å². The highest BCUT2D eigenvalue weighted by atomic mass is 16.5. The van der Waals surface area contributed by atoms with Crippen LogP contribution in [0.25, 0.3) is 0 Å². The number of aldehydes is 1. The number of aliphatic hydroxyl groups is 1. The summed E-state index contributed by atoms with van der Waals surface area (Å²) in [5.41, 5.74) is 0.887. The standard InChI is InChI=1S/C13H17NO3/c15-9-11-1-3-12(4-2-11)14-10-13(16)5-7-17-8-6-13/h1-4,9,14,16H,5-8,10H2. The van der Waals surface area contributed by atoms with Crippen LogP contribution in [-0.4, -0.2) is 36.8 Å². The van der Waals surface area contributed by atoms with Gasteiger partial charge in [0.05, 0.1) is 5.60 Å². The van der Waals surface area contributed by atoms with Crippen LogP contribution in [-0.2, 0) is 4.74 Å². The van der Waals surface area contributed by atoms with Gasteiger partial charge in [0.2, 0.25) is 0 Å². The van der Waals surface area contributed by atoms with Crippen molar-refractivity contribution in [2.45, 2.75) is 18.4 Å². The number of nitrogens with one attached hydrogen (secondary N) is 1. The fraction of sp³-hybridized carbons (Fsp3) is 0.462. The smallest absolute Gasteiger partial charge is 0.150 e. The maximum atomic E-state index is 10.5. The molecule has 1 aliphatic rings. The summed E-state index contributed by atoms with van der Waals surface area (Å²) < 4.78 is 5.22. The highest BCUT2D eigenvalue weighted by Crippen LogP contribution is 2.21. The second-order valence-electron chi connectivity index (χ2n) is 4.43. The molecule has 2 N–H and O–H groups in total. The molecule has 1 aromatic rings. The molecule has 0 atom stereocenters. The molecule has 4 nitrogen and oxygen atoms in total. The van der Waals surface area contributed by atoms with Crippen LogP contribution < -0.4 is 5.32 Å². The molecule has 92 valence electrons. The van der Waals surface area contributed by atoms with Crippen molar-refractivity contribution in [2.75, 3.05) is 25.1 Å². The molecule has 17 heavy (non-hydrogen) atoms. The number of hydrogen-bond donors (Lipinski definition) is 2. The van der Waals surface area contributed by atoms with Crippen LogP contribution in [0.15, 0.2) is 24.3 Å². The van der Waals surface area contributed by atoms with Gasteiger partial charge in [-0.1, -0.05) is 0 Å². The lowest BCUT2D eigenvalue weighted by molar-refractivity contribution is -0.0543. The first-order valence-electron chi connectivity index (χ1n) is 5.81. The Kier molecular flexibility index (Phi) is 3.76. The fourth-order valence-corrected chi connectivity index (χ4v) is 1.87. The van der Waals surface area contributed by atoms with Crippen LogP contribution in [0, 0.1) is 0 Å². The van der Waals surface area contributed by atoms with E-state index >= 15 is 0 Å². The van der Waals surface area contributed by atoms with E-state index in [1.165, 1.54) is 0 Å². The van der Waals surface area contributed by atoms with Gasteiger partial charge in [-0.25, -0.2) is 0 Å². The maximum Gasteiger partial charge on any atom is 0.150 e. The second kappa shape index (κ2) is 5.29. The first-order valence-corrected chi connectivity index (χ1v) is 5.81. The van der Waals surface area contributed by atoms with Gasteiger partial charge >= 0.3 is 0 Å². The largest absolute Gasteiger partial charge is 0.388 e. The van der Waals surface area contributed by atoms with Crippen molar-refractivity contribution in [1.82, 2.24) is 0 Å². The van der Waals surface area contributed by atoms with Gasteiger partial charge in [0.25, 0.3) is 0 Å². The highest BCUT2D eigenvalue weighted by Gasteiger charge is 2.29. The number of carbonyl (C=O) groups excluding carboxylic acids is 1. The van der Waals surface area contributed by atoms with Gasteiger partial charge in [0.15, 0.2) is 0 Å². The van der Waals surface area contributed by atoms with Crippen LogP contribution in [0.5, 0.6) is 0 Å². The lowest BCUT2D eigenvalue weighted by Gasteiger charge is -2.32. The van der Waals surface area contributed by atoms with E-state index in [0.717, 1.165) is 12.0 Å². The Balaban J connectivity index is 1.89. The molecule has 4 heteroatoms. The molecule has 1 heterocycles. The second-order valence-corrected chi connectivity index (χ2v) is 4.43. The topological polar surface area (TPSA) is 58.6 Å². The quantitative estimate of drug-likeness (QED) is 0.776. The minimum atomic E-state index is -0.679. The van der Waals surface area contributed by atoms with E-state index in [2.05, 4.69) is 5.32 Å². The molecule has 0 amide bonds. The van der Waals surface area contributed by atoms with Crippen molar-refractivity contribution in [2.24, 2.45) is 0 Å². The molecule has 1 aliphatic heterocycles. The summed E-state index contributed by atoms with van der Waals surface area (Å²) in [6, 6.07) is 7.19. The zero-order chi connectivity index (χ0) is 12.1. The van der Waals surface area contributed by atoms with E-state index < -0.39 is 5.60 Å². The fourth-order valence-electron chi connectivity index (χ4n) is 1.87. The minimum Gasteiger partial charge on any atom is -0.388 e. The third kappa shape index (κ3) is 3.28. The molecule has 0 saturated carbocycles. The van der Waals surface area contributed by atoms with E-state index in [4.69, 9.17) is 4.74 Å². The number of ether oxygens (including phenoxy) is 1. The zero-order valence-corrected chi connectivity index (χ0v) is 9.69. The van der Waals surface area contributed by atoms with Crippen molar-refractivity contribution in [1.29, 1.82) is 0 Å². The first kappa shape index (κ1) is 12.1. The molecular weight excluding hydrogens is 218 g/mol. The highest BCUT2D eigenvalue weighted by molar-refractivity contribution is 5.75. The Morgan fingerprint density at radius 3 is 2.53 bits per heavy atom. The zero-order valence-electron chi connectivity index (χ0n) is 9.69. The summed E-state index contributed by atoms with van der Waals surface area (Å²) in [5, 5.41) is 13.4. The molecule has 0 radical (unpaired) electrons. The average Bonchev–Trinajstić information content (AvgIpc) is 2.38. The number of carbonyl (C=O) groups is 1. The van der Waals surface area contributed by atoms with Crippen LogP contribution in [0.4, 0.5) is 5.69 Å². The van der Waals surface area contributed by atoms with E-state index in [1.807, 2.05) is 12.1 Å². The monoisotopic (exact) mass is 235 g/mol. The average molecular weight is 235 g/mol. The Bertz CT molecular complexity index is 369. The predicted molar refractivity (Wildman–Crippen MR) is 65.3 cm³/mol. The normalized spacial score (nSPS) is 18.6. The molecule has 0 spiro atoms. The molecule has 1 saturated heterocycles. The summed E-state index contributed by atoms with van der Waals surface area (Å²) in [5.74, 6) is 0. The number of anilines is 1.